The Morgan fingerprint density at radius 1 is 0.906 bits per heavy atom. The lowest BCUT2D eigenvalue weighted by atomic mass is 10.1. The lowest BCUT2D eigenvalue weighted by Gasteiger charge is -2.35. The van der Waals surface area contributed by atoms with Crippen molar-refractivity contribution in [2.45, 2.75) is 44.6 Å². The van der Waals surface area contributed by atoms with Crippen molar-refractivity contribution in [1.29, 1.82) is 0 Å². The molecule has 6 heteroatoms. The van der Waals surface area contributed by atoms with E-state index in [4.69, 9.17) is 9.47 Å². The number of ether oxygens (including phenoxy) is 2. The van der Waals surface area contributed by atoms with Crippen LogP contribution in [-0.2, 0) is 11.2 Å². The Labute approximate surface area is 190 Å². The average Bonchev–Trinajstić information content (AvgIpc) is 3.35. The summed E-state index contributed by atoms with van der Waals surface area (Å²) < 4.78 is 11.2. The van der Waals surface area contributed by atoms with E-state index < -0.39 is 0 Å². The molecule has 2 fully saturated rings. The Hall–Kier alpha value is -3.02. The molecule has 4 rings (SSSR count). The molecule has 1 saturated heterocycles. The molecule has 0 N–H and O–H groups in total. The molecule has 32 heavy (non-hydrogen) atoms. The number of rotatable bonds is 7. The zero-order chi connectivity index (χ0) is 22.3. The Kier molecular flexibility index (Phi) is 7.30. The molecule has 2 aromatic rings. The van der Waals surface area contributed by atoms with Crippen LogP contribution >= 0.6 is 0 Å². The molecule has 0 unspecified atom stereocenters. The molecule has 0 spiro atoms. The van der Waals surface area contributed by atoms with Gasteiger partial charge in [-0.3, -0.25) is 9.59 Å². The fraction of sp³-hybridized carbons (Fsp3) is 0.462. The van der Waals surface area contributed by atoms with Crippen LogP contribution in [0.25, 0.3) is 0 Å². The number of methoxy groups -OCH3 is 1. The second kappa shape index (κ2) is 10.5. The van der Waals surface area contributed by atoms with E-state index in [1.807, 2.05) is 21.9 Å². The fourth-order valence-corrected chi connectivity index (χ4v) is 4.46. The summed E-state index contributed by atoms with van der Waals surface area (Å²) in [5.74, 6) is 1.78. The smallest absolute Gasteiger partial charge is 0.253 e. The van der Waals surface area contributed by atoms with Gasteiger partial charge in [0, 0.05) is 38.2 Å². The maximum Gasteiger partial charge on any atom is 0.253 e. The average molecular weight is 437 g/mol. The fourth-order valence-electron chi connectivity index (χ4n) is 4.46. The van der Waals surface area contributed by atoms with E-state index in [0.29, 0.717) is 50.7 Å². The van der Waals surface area contributed by atoms with E-state index in [1.165, 1.54) is 12.8 Å². The monoisotopic (exact) mass is 436 g/mol. The van der Waals surface area contributed by atoms with Crippen LogP contribution in [-0.4, -0.2) is 61.0 Å². The molecular formula is C26H32N2O4. The molecule has 0 atom stereocenters. The molecule has 2 amide bonds. The molecule has 6 nitrogen and oxygen atoms in total. The van der Waals surface area contributed by atoms with Crippen LogP contribution in [0.15, 0.2) is 48.5 Å². The van der Waals surface area contributed by atoms with Gasteiger partial charge in [-0.25, -0.2) is 0 Å². The van der Waals surface area contributed by atoms with Crippen LogP contribution in [0.5, 0.6) is 11.5 Å². The zero-order valence-corrected chi connectivity index (χ0v) is 18.8. The maximum atomic E-state index is 12.7. The number of carbonyl (C=O) groups is 2. The Morgan fingerprint density at radius 3 is 2.28 bits per heavy atom. The minimum Gasteiger partial charge on any atom is -0.497 e. The summed E-state index contributed by atoms with van der Waals surface area (Å²) >= 11 is 0. The van der Waals surface area contributed by atoms with Crippen molar-refractivity contribution in [3.05, 3.63) is 59.7 Å². The van der Waals surface area contributed by atoms with Gasteiger partial charge in [0.25, 0.3) is 5.91 Å². The molecule has 0 aromatic heterocycles. The summed E-state index contributed by atoms with van der Waals surface area (Å²) in [7, 11) is 1.61. The van der Waals surface area contributed by atoms with Crippen molar-refractivity contribution in [1.82, 2.24) is 9.80 Å². The first-order chi connectivity index (χ1) is 15.6. The summed E-state index contributed by atoms with van der Waals surface area (Å²) in [6, 6.07) is 15.3. The number of amides is 2. The maximum absolute atomic E-state index is 12.7. The highest BCUT2D eigenvalue weighted by Gasteiger charge is 2.24. The summed E-state index contributed by atoms with van der Waals surface area (Å²) in [5.41, 5.74) is 1.77. The van der Waals surface area contributed by atoms with Gasteiger partial charge in [0.05, 0.1) is 13.2 Å². The molecule has 2 aromatic carbocycles. The van der Waals surface area contributed by atoms with Gasteiger partial charge in [0.1, 0.15) is 11.5 Å². The van der Waals surface area contributed by atoms with E-state index in [0.717, 1.165) is 29.9 Å². The van der Waals surface area contributed by atoms with Gasteiger partial charge < -0.3 is 19.3 Å². The number of hydrogen-bond acceptors (Lipinski definition) is 4. The number of aryl methyl sites for hydroxylation is 1. The van der Waals surface area contributed by atoms with Gasteiger partial charge in [-0.2, -0.15) is 0 Å². The predicted molar refractivity (Wildman–Crippen MR) is 123 cm³/mol. The van der Waals surface area contributed by atoms with Gasteiger partial charge in [-0.15, -0.1) is 0 Å². The SMILES string of the molecule is COc1ccc(C(=O)N2CCN(C(=O)CCc3cccc(OC4CCCC4)c3)CC2)cc1. The molecule has 170 valence electrons. The van der Waals surface area contributed by atoms with Crippen LogP contribution in [0.4, 0.5) is 0 Å². The van der Waals surface area contributed by atoms with Crippen molar-refractivity contribution >= 4 is 11.8 Å². The topological polar surface area (TPSA) is 59.1 Å². The van der Waals surface area contributed by atoms with E-state index in [-0.39, 0.29) is 11.8 Å². The number of nitrogens with zero attached hydrogens (tertiary/aromatic N) is 2. The second-order valence-electron chi connectivity index (χ2n) is 8.57. The molecule has 1 aliphatic heterocycles. The van der Waals surface area contributed by atoms with Crippen molar-refractivity contribution in [3.8, 4) is 11.5 Å². The van der Waals surface area contributed by atoms with Crippen LogP contribution < -0.4 is 9.47 Å². The lowest BCUT2D eigenvalue weighted by molar-refractivity contribution is -0.132. The number of carbonyl (C=O) groups excluding carboxylic acids is 2. The van der Waals surface area contributed by atoms with Gasteiger partial charge in [-0.05, 0) is 74.1 Å². The van der Waals surface area contributed by atoms with Crippen LogP contribution in [0, 0.1) is 0 Å². The second-order valence-corrected chi connectivity index (χ2v) is 8.57. The number of benzene rings is 2. The van der Waals surface area contributed by atoms with Crippen molar-refractivity contribution in [2.24, 2.45) is 0 Å². The van der Waals surface area contributed by atoms with Gasteiger partial charge in [-0.1, -0.05) is 12.1 Å². The van der Waals surface area contributed by atoms with E-state index in [1.54, 1.807) is 31.4 Å². The minimum atomic E-state index is -0.00108. The minimum absolute atomic E-state index is 0.00108. The van der Waals surface area contributed by atoms with Gasteiger partial charge in [0.15, 0.2) is 0 Å². The predicted octanol–water partition coefficient (Wildman–Crippen LogP) is 3.93. The molecule has 2 aliphatic rings. The molecular weight excluding hydrogens is 404 g/mol. The largest absolute Gasteiger partial charge is 0.497 e. The van der Waals surface area contributed by atoms with Crippen LogP contribution in [0.3, 0.4) is 0 Å². The van der Waals surface area contributed by atoms with Crippen molar-refractivity contribution in [2.75, 3.05) is 33.3 Å². The third-order valence-electron chi connectivity index (χ3n) is 6.39. The zero-order valence-electron chi connectivity index (χ0n) is 18.8. The highest BCUT2D eigenvalue weighted by molar-refractivity contribution is 5.94. The quantitative estimate of drug-likeness (QED) is 0.660. The standard InChI is InChI=1S/C26H32N2O4/c1-31-22-12-10-21(11-13-22)26(30)28-17-15-27(16-18-28)25(29)14-9-20-5-4-8-24(19-20)32-23-6-2-3-7-23/h4-5,8,10-13,19,23H,2-3,6-7,9,14-18H2,1H3. The molecule has 1 heterocycles. The molecule has 0 radical (unpaired) electrons. The number of piperazine rings is 1. The highest BCUT2D eigenvalue weighted by atomic mass is 16.5. The Balaban J connectivity index is 1.23. The first-order valence-electron chi connectivity index (χ1n) is 11.6. The highest BCUT2D eigenvalue weighted by Crippen LogP contribution is 2.25. The van der Waals surface area contributed by atoms with Crippen molar-refractivity contribution in [3.63, 3.8) is 0 Å². The first-order valence-corrected chi connectivity index (χ1v) is 11.6. The third kappa shape index (κ3) is 5.61. The summed E-state index contributed by atoms with van der Waals surface area (Å²) in [6.45, 7) is 2.26. The third-order valence-corrected chi connectivity index (χ3v) is 6.39. The van der Waals surface area contributed by atoms with Gasteiger partial charge in [0.2, 0.25) is 5.91 Å². The summed E-state index contributed by atoms with van der Waals surface area (Å²) in [4.78, 5) is 29.1. The van der Waals surface area contributed by atoms with Crippen molar-refractivity contribution < 1.29 is 19.1 Å². The first kappa shape index (κ1) is 22.2. The van der Waals surface area contributed by atoms with Crippen LogP contribution in [0.2, 0.25) is 0 Å². The molecule has 1 aliphatic carbocycles. The van der Waals surface area contributed by atoms with E-state index >= 15 is 0 Å². The van der Waals surface area contributed by atoms with Gasteiger partial charge >= 0.3 is 0 Å². The summed E-state index contributed by atoms with van der Waals surface area (Å²) in [6.07, 6.45) is 6.27. The molecule has 0 bridgehead atoms. The van der Waals surface area contributed by atoms with E-state index in [9.17, 15) is 9.59 Å². The summed E-state index contributed by atoms with van der Waals surface area (Å²) in [5, 5.41) is 0. The van der Waals surface area contributed by atoms with E-state index in [2.05, 4.69) is 12.1 Å². The van der Waals surface area contributed by atoms with Crippen LogP contribution in [0.1, 0.15) is 48.0 Å². The Morgan fingerprint density at radius 2 is 1.59 bits per heavy atom. The molecule has 1 saturated carbocycles. The Bertz CT molecular complexity index is 914. The number of hydrogen-bond donors (Lipinski definition) is 0. The normalized spacial score (nSPS) is 16.8. The lowest BCUT2D eigenvalue weighted by Crippen LogP contribution is -2.50.